The Balaban J connectivity index is 2.39. The zero-order valence-electron chi connectivity index (χ0n) is 13.2. The Morgan fingerprint density at radius 3 is 1.54 bits per heavy atom. The van der Waals surface area contributed by atoms with Crippen LogP contribution in [0.1, 0.15) is 25.0 Å². The fraction of sp³-hybridized carbons (Fsp3) is 0.111. The largest absolute Gasteiger partial charge is 0.478 e. The number of pyridine rings is 2. The summed E-state index contributed by atoms with van der Waals surface area (Å²) in [5.74, 6) is -1.97. The topological polar surface area (TPSA) is 100 Å². The van der Waals surface area contributed by atoms with Gasteiger partial charge in [0.25, 0.3) is 0 Å². The third-order valence-corrected chi connectivity index (χ3v) is 3.27. The molecule has 6 nitrogen and oxygen atoms in total. The molecule has 0 spiro atoms. The molecule has 2 rings (SSSR count). The monoisotopic (exact) mass is 324 g/mol. The van der Waals surface area contributed by atoms with E-state index in [0.717, 1.165) is 0 Å². The minimum absolute atomic E-state index is 0.217. The lowest BCUT2D eigenvalue weighted by Crippen LogP contribution is -1.96. The number of rotatable bonds is 5. The highest BCUT2D eigenvalue weighted by molar-refractivity contribution is 5.92. The van der Waals surface area contributed by atoms with E-state index >= 15 is 0 Å². The van der Waals surface area contributed by atoms with Crippen LogP contribution in [0.4, 0.5) is 0 Å². The summed E-state index contributed by atoms with van der Waals surface area (Å²) in [6, 6.07) is 6.86. The summed E-state index contributed by atoms with van der Waals surface area (Å²) < 4.78 is 0. The Kier molecular flexibility index (Phi) is 5.21. The van der Waals surface area contributed by atoms with Gasteiger partial charge in [-0.05, 0) is 61.4 Å². The molecule has 0 fully saturated rings. The Morgan fingerprint density at radius 2 is 1.21 bits per heavy atom. The first-order chi connectivity index (χ1) is 11.4. The summed E-state index contributed by atoms with van der Waals surface area (Å²) in [6.45, 7) is 3.03. The van der Waals surface area contributed by atoms with Crippen molar-refractivity contribution in [3.05, 3.63) is 58.9 Å². The maximum atomic E-state index is 10.9. The summed E-state index contributed by atoms with van der Waals surface area (Å²) in [7, 11) is 0. The molecule has 0 saturated heterocycles. The van der Waals surface area contributed by atoms with E-state index in [1.54, 1.807) is 48.8 Å². The number of carbonyl (C=O) groups is 2. The molecule has 0 radical (unpaired) electrons. The highest BCUT2D eigenvalue weighted by atomic mass is 16.4. The first kappa shape index (κ1) is 17.1. The van der Waals surface area contributed by atoms with E-state index in [2.05, 4.69) is 9.97 Å². The molecule has 2 heterocycles. The van der Waals surface area contributed by atoms with E-state index < -0.39 is 11.9 Å². The Bertz CT molecular complexity index is 782. The van der Waals surface area contributed by atoms with Gasteiger partial charge in [0.1, 0.15) is 0 Å². The highest BCUT2D eigenvalue weighted by Gasteiger charge is 2.06. The highest BCUT2D eigenvalue weighted by Crippen LogP contribution is 2.19. The van der Waals surface area contributed by atoms with Crippen molar-refractivity contribution in [3.8, 4) is 11.4 Å². The minimum atomic E-state index is -0.984. The first-order valence-corrected chi connectivity index (χ1v) is 7.12. The Labute approximate surface area is 138 Å². The van der Waals surface area contributed by atoms with E-state index in [9.17, 15) is 9.59 Å². The molecule has 0 atom stereocenters. The smallest absolute Gasteiger partial charge is 0.331 e. The minimum Gasteiger partial charge on any atom is -0.478 e. The lowest BCUT2D eigenvalue weighted by Gasteiger charge is -2.04. The molecule has 0 bridgehead atoms. The number of aliphatic carboxylic acids is 2. The van der Waals surface area contributed by atoms with Gasteiger partial charge in [0.15, 0.2) is 0 Å². The van der Waals surface area contributed by atoms with Crippen LogP contribution in [-0.2, 0) is 9.59 Å². The van der Waals surface area contributed by atoms with Gasteiger partial charge in [-0.25, -0.2) is 9.59 Å². The number of hydrogen-bond acceptors (Lipinski definition) is 4. The van der Waals surface area contributed by atoms with Gasteiger partial charge < -0.3 is 10.2 Å². The summed E-state index contributed by atoms with van der Waals surface area (Å²) in [5, 5.41) is 17.9. The van der Waals surface area contributed by atoms with E-state index in [1.165, 1.54) is 13.8 Å². The van der Waals surface area contributed by atoms with Gasteiger partial charge in [-0.3, -0.25) is 9.97 Å². The molecule has 0 aliphatic heterocycles. The van der Waals surface area contributed by atoms with Crippen LogP contribution < -0.4 is 0 Å². The van der Waals surface area contributed by atoms with Gasteiger partial charge in [0.05, 0.1) is 11.4 Å². The third-order valence-electron chi connectivity index (χ3n) is 3.27. The molecule has 0 aliphatic carbocycles. The lowest BCUT2D eigenvalue weighted by atomic mass is 10.1. The normalized spacial score (nSPS) is 12.1. The maximum Gasteiger partial charge on any atom is 0.331 e. The SMILES string of the molecule is C/C(=C\c1ccnc(-c2cc(/C=C(\C)C(=O)O)ccn2)c1)C(=O)O. The van der Waals surface area contributed by atoms with Crippen LogP contribution in [-0.4, -0.2) is 32.1 Å². The maximum absolute atomic E-state index is 10.9. The molecule has 0 aliphatic rings. The summed E-state index contributed by atoms with van der Waals surface area (Å²) in [5.41, 5.74) is 2.98. The van der Waals surface area contributed by atoms with Crippen molar-refractivity contribution < 1.29 is 19.8 Å². The Hall–Kier alpha value is -3.28. The van der Waals surface area contributed by atoms with Crippen molar-refractivity contribution in [1.82, 2.24) is 9.97 Å². The second kappa shape index (κ2) is 7.32. The van der Waals surface area contributed by atoms with Gasteiger partial charge in [0, 0.05) is 23.5 Å². The number of carboxylic acids is 2. The van der Waals surface area contributed by atoms with Gasteiger partial charge in [0.2, 0.25) is 0 Å². The van der Waals surface area contributed by atoms with E-state index in [-0.39, 0.29) is 11.1 Å². The number of carboxylic acid groups (broad SMARTS) is 2. The van der Waals surface area contributed by atoms with Gasteiger partial charge in [-0.2, -0.15) is 0 Å². The predicted molar refractivity (Wildman–Crippen MR) is 90.0 cm³/mol. The summed E-state index contributed by atoms with van der Waals surface area (Å²) >= 11 is 0. The van der Waals surface area contributed by atoms with Crippen molar-refractivity contribution in [2.45, 2.75) is 13.8 Å². The molecule has 0 unspecified atom stereocenters. The fourth-order valence-electron chi connectivity index (χ4n) is 1.98. The van der Waals surface area contributed by atoms with Crippen molar-refractivity contribution in [2.24, 2.45) is 0 Å². The molecule has 0 amide bonds. The molecule has 6 heteroatoms. The molecule has 122 valence electrons. The average Bonchev–Trinajstić information content (AvgIpc) is 2.55. The standard InChI is InChI=1S/C18H16N2O4/c1-11(17(21)22)7-13-3-5-19-15(9-13)16-10-14(4-6-20-16)8-12(2)18(23)24/h3-10H,1-2H3,(H,21,22)(H,23,24)/b11-7+,12-8+. The Morgan fingerprint density at radius 1 is 0.833 bits per heavy atom. The van der Waals surface area contributed by atoms with Crippen molar-refractivity contribution >= 4 is 24.1 Å². The molecule has 24 heavy (non-hydrogen) atoms. The second-order valence-corrected chi connectivity index (χ2v) is 5.21. The molecule has 2 N–H and O–H groups in total. The van der Waals surface area contributed by atoms with Crippen LogP contribution in [0.15, 0.2) is 47.8 Å². The quantitative estimate of drug-likeness (QED) is 0.820. The van der Waals surface area contributed by atoms with Crippen LogP contribution in [0.25, 0.3) is 23.5 Å². The molecule has 2 aromatic heterocycles. The zero-order valence-corrected chi connectivity index (χ0v) is 13.2. The van der Waals surface area contributed by atoms with E-state index in [0.29, 0.717) is 22.5 Å². The third kappa shape index (κ3) is 4.36. The lowest BCUT2D eigenvalue weighted by molar-refractivity contribution is -0.133. The molecular weight excluding hydrogens is 308 g/mol. The van der Waals surface area contributed by atoms with Crippen LogP contribution >= 0.6 is 0 Å². The number of aromatic nitrogens is 2. The van der Waals surface area contributed by atoms with Gasteiger partial charge in [-0.1, -0.05) is 0 Å². The molecular formula is C18H16N2O4. The van der Waals surface area contributed by atoms with E-state index in [1.807, 2.05) is 0 Å². The summed E-state index contributed by atoms with van der Waals surface area (Å²) in [6.07, 6.45) is 6.24. The van der Waals surface area contributed by atoms with Crippen LogP contribution in [0.5, 0.6) is 0 Å². The number of nitrogens with zero attached hydrogens (tertiary/aromatic N) is 2. The molecule has 2 aromatic rings. The van der Waals surface area contributed by atoms with Crippen molar-refractivity contribution in [1.29, 1.82) is 0 Å². The predicted octanol–water partition coefficient (Wildman–Crippen LogP) is 3.12. The van der Waals surface area contributed by atoms with Crippen LogP contribution in [0.3, 0.4) is 0 Å². The van der Waals surface area contributed by atoms with Gasteiger partial charge >= 0.3 is 11.9 Å². The van der Waals surface area contributed by atoms with Gasteiger partial charge in [-0.15, -0.1) is 0 Å². The zero-order chi connectivity index (χ0) is 17.7. The van der Waals surface area contributed by atoms with Crippen molar-refractivity contribution in [2.75, 3.05) is 0 Å². The molecule has 0 saturated carbocycles. The number of hydrogen-bond donors (Lipinski definition) is 2. The molecule has 0 aromatic carbocycles. The fourth-order valence-corrected chi connectivity index (χ4v) is 1.98. The van der Waals surface area contributed by atoms with E-state index in [4.69, 9.17) is 10.2 Å². The first-order valence-electron chi connectivity index (χ1n) is 7.12. The van der Waals surface area contributed by atoms with Crippen LogP contribution in [0.2, 0.25) is 0 Å². The summed E-state index contributed by atoms with van der Waals surface area (Å²) in [4.78, 5) is 30.3. The average molecular weight is 324 g/mol. The second-order valence-electron chi connectivity index (χ2n) is 5.21. The van der Waals surface area contributed by atoms with Crippen molar-refractivity contribution in [3.63, 3.8) is 0 Å². The van der Waals surface area contributed by atoms with Crippen LogP contribution in [0, 0.1) is 0 Å².